The molecule has 0 saturated carbocycles. The highest BCUT2D eigenvalue weighted by Crippen LogP contribution is 2.31. The van der Waals surface area contributed by atoms with Crippen molar-refractivity contribution in [2.75, 3.05) is 11.9 Å². The van der Waals surface area contributed by atoms with Crippen LogP contribution in [0.5, 0.6) is 5.75 Å². The lowest BCUT2D eigenvalue weighted by atomic mass is 10.1. The van der Waals surface area contributed by atoms with Gasteiger partial charge in [0.05, 0.1) is 5.69 Å². The number of carbonyl (C=O) groups excluding carboxylic acids is 1. The fourth-order valence-corrected chi connectivity index (χ4v) is 4.25. The lowest BCUT2D eigenvalue weighted by molar-refractivity contribution is -0.118. The number of aryl methyl sites for hydroxylation is 1. The van der Waals surface area contributed by atoms with Crippen molar-refractivity contribution in [3.05, 3.63) is 84.7 Å². The maximum Gasteiger partial charge on any atom is 0.262 e. The van der Waals surface area contributed by atoms with E-state index in [9.17, 15) is 4.79 Å². The Hall–Kier alpha value is -3.93. The average molecular weight is 439 g/mol. The maximum absolute atomic E-state index is 12.8. The van der Waals surface area contributed by atoms with Crippen LogP contribution >= 0.6 is 0 Å². The zero-order valence-corrected chi connectivity index (χ0v) is 18.4. The Morgan fingerprint density at radius 1 is 0.848 bits per heavy atom. The normalized spacial score (nSPS) is 13.1. The average Bonchev–Trinajstić information content (AvgIpc) is 3.11. The molecule has 0 unspecified atom stereocenters. The van der Waals surface area contributed by atoms with E-state index in [-0.39, 0.29) is 12.5 Å². The van der Waals surface area contributed by atoms with E-state index in [2.05, 4.69) is 20.1 Å². The molecule has 166 valence electrons. The van der Waals surface area contributed by atoms with E-state index in [0.717, 1.165) is 54.1 Å². The topological polar surface area (TPSA) is 69.0 Å². The van der Waals surface area contributed by atoms with Crippen LogP contribution < -0.4 is 10.1 Å². The van der Waals surface area contributed by atoms with E-state index >= 15 is 0 Å². The molecule has 0 saturated heterocycles. The first-order valence-electron chi connectivity index (χ1n) is 11.4. The molecule has 5 rings (SSSR count). The van der Waals surface area contributed by atoms with Crippen LogP contribution in [0.25, 0.3) is 22.5 Å². The molecule has 2 heterocycles. The number of nitrogens with one attached hydrogen (secondary N) is 1. The third-order valence-corrected chi connectivity index (χ3v) is 5.88. The molecule has 1 aliphatic rings. The summed E-state index contributed by atoms with van der Waals surface area (Å²) in [4.78, 5) is 12.8. The van der Waals surface area contributed by atoms with Gasteiger partial charge in [-0.15, -0.1) is 10.2 Å². The van der Waals surface area contributed by atoms with E-state index in [1.54, 1.807) is 0 Å². The second kappa shape index (κ2) is 9.69. The van der Waals surface area contributed by atoms with Crippen LogP contribution in [0.4, 0.5) is 5.69 Å². The van der Waals surface area contributed by atoms with Crippen molar-refractivity contribution in [1.82, 2.24) is 14.8 Å². The number of anilines is 1. The zero-order chi connectivity index (χ0) is 22.5. The highest BCUT2D eigenvalue weighted by molar-refractivity contribution is 5.95. The molecule has 1 aliphatic heterocycles. The molecule has 0 bridgehead atoms. The minimum absolute atomic E-state index is 0.0872. The summed E-state index contributed by atoms with van der Waals surface area (Å²) in [7, 11) is 0. The van der Waals surface area contributed by atoms with Gasteiger partial charge in [0.15, 0.2) is 12.4 Å². The minimum Gasteiger partial charge on any atom is -0.483 e. The van der Waals surface area contributed by atoms with Gasteiger partial charge in [0.2, 0.25) is 0 Å². The Balaban J connectivity index is 1.32. The zero-order valence-electron chi connectivity index (χ0n) is 18.4. The first kappa shape index (κ1) is 20.9. The quantitative estimate of drug-likeness (QED) is 0.440. The molecular formula is C27H26N4O2. The second-order valence-corrected chi connectivity index (χ2v) is 8.15. The SMILES string of the molecule is O=C(COc1ccccc1-c1ccccc1)Nc1ccccc1-c1nnc2n1CCCCC2. The summed E-state index contributed by atoms with van der Waals surface area (Å²) in [6.45, 7) is 0.815. The standard InChI is InChI=1S/C27H26N4O2/c32-26(19-33-24-16-9-7-13-21(24)20-11-3-1-4-12-20)28-23-15-8-6-14-22(23)27-30-29-25-17-5-2-10-18-31(25)27/h1,3-4,6-9,11-16H,2,5,10,17-19H2,(H,28,32). The van der Waals surface area contributed by atoms with Crippen LogP contribution in [0, 0.1) is 0 Å². The van der Waals surface area contributed by atoms with Crippen LogP contribution in [-0.2, 0) is 17.8 Å². The van der Waals surface area contributed by atoms with E-state index in [1.165, 1.54) is 6.42 Å². The van der Waals surface area contributed by atoms with Gasteiger partial charge in [-0.1, -0.05) is 67.1 Å². The Kier molecular flexibility index (Phi) is 6.15. The molecular weight excluding hydrogens is 412 g/mol. The van der Waals surface area contributed by atoms with Gasteiger partial charge in [0.1, 0.15) is 11.6 Å². The van der Waals surface area contributed by atoms with Crippen LogP contribution in [0.2, 0.25) is 0 Å². The number of fused-ring (bicyclic) bond motifs is 1. The molecule has 4 aromatic rings. The van der Waals surface area contributed by atoms with Gasteiger partial charge >= 0.3 is 0 Å². The Bertz CT molecular complexity index is 1250. The van der Waals surface area contributed by atoms with E-state index in [0.29, 0.717) is 11.4 Å². The molecule has 0 radical (unpaired) electrons. The van der Waals surface area contributed by atoms with E-state index < -0.39 is 0 Å². The summed E-state index contributed by atoms with van der Waals surface area (Å²) < 4.78 is 8.10. The van der Waals surface area contributed by atoms with Crippen molar-refractivity contribution in [2.45, 2.75) is 32.2 Å². The third kappa shape index (κ3) is 4.65. The van der Waals surface area contributed by atoms with Crippen LogP contribution in [-0.4, -0.2) is 27.3 Å². The first-order valence-corrected chi connectivity index (χ1v) is 11.4. The maximum atomic E-state index is 12.8. The number of para-hydroxylation sites is 2. The molecule has 0 aliphatic carbocycles. The second-order valence-electron chi connectivity index (χ2n) is 8.15. The molecule has 1 aromatic heterocycles. The van der Waals surface area contributed by atoms with Gasteiger partial charge < -0.3 is 14.6 Å². The van der Waals surface area contributed by atoms with Gasteiger partial charge in [0, 0.05) is 24.1 Å². The van der Waals surface area contributed by atoms with Crippen molar-refractivity contribution < 1.29 is 9.53 Å². The lowest BCUT2D eigenvalue weighted by Gasteiger charge is -2.14. The summed E-state index contributed by atoms with van der Waals surface area (Å²) >= 11 is 0. The van der Waals surface area contributed by atoms with E-state index in [1.807, 2.05) is 78.9 Å². The monoisotopic (exact) mass is 438 g/mol. The molecule has 6 heteroatoms. The largest absolute Gasteiger partial charge is 0.483 e. The predicted octanol–water partition coefficient (Wildman–Crippen LogP) is 5.36. The Labute approximate surface area is 193 Å². The number of hydrogen-bond donors (Lipinski definition) is 1. The number of rotatable bonds is 6. The van der Waals surface area contributed by atoms with Crippen LogP contribution in [0.15, 0.2) is 78.9 Å². The molecule has 1 amide bonds. The Morgan fingerprint density at radius 2 is 1.61 bits per heavy atom. The summed E-state index contributed by atoms with van der Waals surface area (Å²) in [5.41, 5.74) is 3.59. The number of ether oxygens (including phenoxy) is 1. The lowest BCUT2D eigenvalue weighted by Crippen LogP contribution is -2.21. The smallest absolute Gasteiger partial charge is 0.262 e. The fourth-order valence-electron chi connectivity index (χ4n) is 4.25. The first-order chi connectivity index (χ1) is 16.3. The minimum atomic E-state index is -0.221. The van der Waals surface area contributed by atoms with Crippen molar-refractivity contribution in [3.63, 3.8) is 0 Å². The Morgan fingerprint density at radius 3 is 2.48 bits per heavy atom. The van der Waals surface area contributed by atoms with Gasteiger partial charge in [-0.2, -0.15) is 0 Å². The fraction of sp³-hybridized carbons (Fsp3) is 0.222. The highest BCUT2D eigenvalue weighted by Gasteiger charge is 2.19. The number of carbonyl (C=O) groups is 1. The van der Waals surface area contributed by atoms with Crippen molar-refractivity contribution in [1.29, 1.82) is 0 Å². The van der Waals surface area contributed by atoms with Crippen molar-refractivity contribution in [2.24, 2.45) is 0 Å². The molecule has 6 nitrogen and oxygen atoms in total. The summed E-state index contributed by atoms with van der Waals surface area (Å²) in [5, 5.41) is 11.9. The number of amides is 1. The molecule has 0 fully saturated rings. The van der Waals surface area contributed by atoms with Crippen molar-refractivity contribution in [3.8, 4) is 28.3 Å². The van der Waals surface area contributed by atoms with Crippen LogP contribution in [0.1, 0.15) is 25.1 Å². The summed E-state index contributed by atoms with van der Waals surface area (Å²) in [6.07, 6.45) is 4.39. The molecule has 1 N–H and O–H groups in total. The number of hydrogen-bond acceptors (Lipinski definition) is 4. The molecule has 33 heavy (non-hydrogen) atoms. The number of benzene rings is 3. The predicted molar refractivity (Wildman–Crippen MR) is 129 cm³/mol. The number of nitrogens with zero attached hydrogens (tertiary/aromatic N) is 3. The molecule has 0 atom stereocenters. The van der Waals surface area contributed by atoms with E-state index in [4.69, 9.17) is 4.74 Å². The summed E-state index contributed by atoms with van der Waals surface area (Å²) in [5.74, 6) is 2.28. The third-order valence-electron chi connectivity index (χ3n) is 5.88. The summed E-state index contributed by atoms with van der Waals surface area (Å²) in [6, 6.07) is 25.5. The van der Waals surface area contributed by atoms with Gasteiger partial charge in [0.25, 0.3) is 5.91 Å². The molecule has 3 aromatic carbocycles. The highest BCUT2D eigenvalue weighted by atomic mass is 16.5. The number of aromatic nitrogens is 3. The van der Waals surface area contributed by atoms with Crippen molar-refractivity contribution >= 4 is 11.6 Å². The van der Waals surface area contributed by atoms with Crippen LogP contribution in [0.3, 0.4) is 0 Å². The van der Waals surface area contributed by atoms with Gasteiger partial charge in [-0.05, 0) is 36.6 Å². The van der Waals surface area contributed by atoms with Gasteiger partial charge in [-0.3, -0.25) is 4.79 Å². The van der Waals surface area contributed by atoms with Gasteiger partial charge in [-0.25, -0.2) is 0 Å². The molecule has 0 spiro atoms.